The average Bonchev–Trinajstić information content (AvgIpc) is 2.85. The number of hydrogen-bond acceptors (Lipinski definition) is 3. The molecule has 0 amide bonds. The molecule has 0 radical (unpaired) electrons. The van der Waals surface area contributed by atoms with E-state index < -0.39 is 0 Å². The van der Waals surface area contributed by atoms with E-state index in [1.165, 1.54) is 11.3 Å². The van der Waals surface area contributed by atoms with Gasteiger partial charge in [0.25, 0.3) is 0 Å². The molecule has 1 atom stereocenters. The van der Waals surface area contributed by atoms with E-state index in [2.05, 4.69) is 0 Å². The predicted molar refractivity (Wildman–Crippen MR) is 66.9 cm³/mol. The van der Waals surface area contributed by atoms with E-state index in [1.54, 1.807) is 0 Å². The van der Waals surface area contributed by atoms with E-state index in [-0.39, 0.29) is 11.7 Å². The SMILES string of the molecule is NCC(C(=O)c1ccsc1)c1ccccc1. The molecule has 82 valence electrons. The van der Waals surface area contributed by atoms with Gasteiger partial charge in [-0.1, -0.05) is 30.3 Å². The lowest BCUT2D eigenvalue weighted by Gasteiger charge is -2.12. The number of ketones is 1. The molecular weight excluding hydrogens is 218 g/mol. The quantitative estimate of drug-likeness (QED) is 0.822. The predicted octanol–water partition coefficient (Wildman–Crippen LogP) is 2.67. The molecule has 1 unspecified atom stereocenters. The maximum atomic E-state index is 12.2. The summed E-state index contributed by atoms with van der Waals surface area (Å²) in [4.78, 5) is 12.2. The van der Waals surface area contributed by atoms with Crippen molar-refractivity contribution in [3.63, 3.8) is 0 Å². The van der Waals surface area contributed by atoms with E-state index in [1.807, 2.05) is 47.2 Å². The van der Waals surface area contributed by atoms with Crippen LogP contribution < -0.4 is 5.73 Å². The van der Waals surface area contributed by atoms with Gasteiger partial charge in [0.2, 0.25) is 0 Å². The van der Waals surface area contributed by atoms with Crippen molar-refractivity contribution in [3.8, 4) is 0 Å². The zero-order valence-corrected chi connectivity index (χ0v) is 9.61. The van der Waals surface area contributed by atoms with Crippen molar-refractivity contribution in [2.24, 2.45) is 5.73 Å². The van der Waals surface area contributed by atoms with Crippen LogP contribution in [-0.2, 0) is 0 Å². The Morgan fingerprint density at radius 1 is 1.25 bits per heavy atom. The number of nitrogens with two attached hydrogens (primary N) is 1. The molecule has 3 heteroatoms. The number of carbonyl (C=O) groups excluding carboxylic acids is 1. The maximum absolute atomic E-state index is 12.2. The van der Waals surface area contributed by atoms with Gasteiger partial charge in [-0.15, -0.1) is 0 Å². The van der Waals surface area contributed by atoms with Crippen LogP contribution in [0.5, 0.6) is 0 Å². The molecule has 1 heterocycles. The van der Waals surface area contributed by atoms with E-state index in [0.29, 0.717) is 6.54 Å². The number of Topliss-reactive ketones (excluding diaryl/α,β-unsaturated/α-hetero) is 1. The van der Waals surface area contributed by atoms with E-state index >= 15 is 0 Å². The van der Waals surface area contributed by atoms with Gasteiger partial charge in [-0.25, -0.2) is 0 Å². The van der Waals surface area contributed by atoms with E-state index in [0.717, 1.165) is 11.1 Å². The molecule has 0 aliphatic carbocycles. The smallest absolute Gasteiger partial charge is 0.172 e. The fraction of sp³-hybridized carbons (Fsp3) is 0.154. The Hall–Kier alpha value is -1.45. The normalized spacial score (nSPS) is 12.3. The Kier molecular flexibility index (Phi) is 3.49. The van der Waals surface area contributed by atoms with Crippen molar-refractivity contribution in [2.75, 3.05) is 6.54 Å². The lowest BCUT2D eigenvalue weighted by atomic mass is 9.92. The van der Waals surface area contributed by atoms with Crippen molar-refractivity contribution in [3.05, 3.63) is 58.3 Å². The highest BCUT2D eigenvalue weighted by atomic mass is 32.1. The highest BCUT2D eigenvalue weighted by Gasteiger charge is 2.20. The molecule has 0 saturated carbocycles. The Morgan fingerprint density at radius 3 is 2.56 bits per heavy atom. The molecule has 1 aromatic carbocycles. The first kappa shape index (κ1) is 11.0. The number of benzene rings is 1. The van der Waals surface area contributed by atoms with E-state index in [9.17, 15) is 4.79 Å². The van der Waals surface area contributed by atoms with Gasteiger partial charge in [0.15, 0.2) is 5.78 Å². The first-order chi connectivity index (χ1) is 7.83. The second kappa shape index (κ2) is 5.05. The molecule has 0 fully saturated rings. The fourth-order valence-electron chi connectivity index (χ4n) is 1.69. The van der Waals surface area contributed by atoms with Gasteiger partial charge in [-0.05, 0) is 17.0 Å². The second-order valence-electron chi connectivity index (χ2n) is 3.58. The van der Waals surface area contributed by atoms with Gasteiger partial charge in [-0.2, -0.15) is 11.3 Å². The summed E-state index contributed by atoms with van der Waals surface area (Å²) in [5, 5.41) is 3.78. The zero-order valence-electron chi connectivity index (χ0n) is 8.80. The summed E-state index contributed by atoms with van der Waals surface area (Å²) in [5.41, 5.74) is 7.44. The van der Waals surface area contributed by atoms with Gasteiger partial charge in [0.1, 0.15) is 0 Å². The fourth-order valence-corrected chi connectivity index (χ4v) is 2.33. The lowest BCUT2D eigenvalue weighted by molar-refractivity contribution is 0.0963. The van der Waals surface area contributed by atoms with Crippen molar-refractivity contribution in [2.45, 2.75) is 5.92 Å². The molecule has 0 spiro atoms. The molecule has 0 saturated heterocycles. The molecule has 1 aromatic heterocycles. The summed E-state index contributed by atoms with van der Waals surface area (Å²) in [6.45, 7) is 0.346. The third-order valence-corrected chi connectivity index (χ3v) is 3.24. The number of thiophene rings is 1. The topological polar surface area (TPSA) is 43.1 Å². The van der Waals surface area contributed by atoms with Gasteiger partial charge in [0, 0.05) is 17.5 Å². The van der Waals surface area contributed by atoms with Crippen LogP contribution in [0.15, 0.2) is 47.2 Å². The minimum Gasteiger partial charge on any atom is -0.329 e. The van der Waals surface area contributed by atoms with Crippen LogP contribution in [0.3, 0.4) is 0 Å². The van der Waals surface area contributed by atoms with Crippen LogP contribution >= 0.6 is 11.3 Å². The Balaban J connectivity index is 2.27. The van der Waals surface area contributed by atoms with Crippen molar-refractivity contribution in [1.82, 2.24) is 0 Å². The van der Waals surface area contributed by atoms with Crippen LogP contribution in [0.25, 0.3) is 0 Å². The van der Waals surface area contributed by atoms with Gasteiger partial charge in [-0.3, -0.25) is 4.79 Å². The minimum absolute atomic E-state index is 0.106. The van der Waals surface area contributed by atoms with Crippen molar-refractivity contribution >= 4 is 17.1 Å². The van der Waals surface area contributed by atoms with Crippen LogP contribution in [0.2, 0.25) is 0 Å². The molecule has 16 heavy (non-hydrogen) atoms. The second-order valence-corrected chi connectivity index (χ2v) is 4.36. The number of carbonyl (C=O) groups is 1. The molecule has 0 aliphatic rings. The van der Waals surface area contributed by atoms with Crippen molar-refractivity contribution < 1.29 is 4.79 Å². The monoisotopic (exact) mass is 231 g/mol. The number of hydrogen-bond donors (Lipinski definition) is 1. The maximum Gasteiger partial charge on any atom is 0.172 e. The van der Waals surface area contributed by atoms with Crippen LogP contribution in [-0.4, -0.2) is 12.3 Å². The third-order valence-electron chi connectivity index (χ3n) is 2.56. The summed E-state index contributed by atoms with van der Waals surface area (Å²) in [6, 6.07) is 11.5. The number of rotatable bonds is 4. The molecular formula is C13H13NOS. The van der Waals surface area contributed by atoms with Crippen molar-refractivity contribution in [1.29, 1.82) is 0 Å². The largest absolute Gasteiger partial charge is 0.329 e. The highest BCUT2D eigenvalue weighted by molar-refractivity contribution is 7.08. The molecule has 0 aliphatic heterocycles. The summed E-state index contributed by atoms with van der Waals surface area (Å²) in [7, 11) is 0. The molecule has 2 rings (SSSR count). The summed E-state index contributed by atoms with van der Waals surface area (Å²) in [5.74, 6) is -0.120. The summed E-state index contributed by atoms with van der Waals surface area (Å²) < 4.78 is 0. The summed E-state index contributed by atoms with van der Waals surface area (Å²) in [6.07, 6.45) is 0. The Bertz CT molecular complexity index is 450. The Labute approximate surface area is 98.7 Å². The summed E-state index contributed by atoms with van der Waals surface area (Å²) >= 11 is 1.53. The minimum atomic E-state index is -0.226. The standard InChI is InChI=1S/C13H13NOS/c14-8-12(10-4-2-1-3-5-10)13(15)11-6-7-16-9-11/h1-7,9,12H,8,14H2. The zero-order chi connectivity index (χ0) is 11.4. The van der Waals surface area contributed by atoms with Crippen LogP contribution in [0.1, 0.15) is 21.8 Å². The molecule has 2 nitrogen and oxygen atoms in total. The van der Waals surface area contributed by atoms with Gasteiger partial charge in [0.05, 0.1) is 5.92 Å². The van der Waals surface area contributed by atoms with Crippen LogP contribution in [0.4, 0.5) is 0 Å². The first-order valence-corrected chi connectivity index (χ1v) is 6.08. The first-order valence-electron chi connectivity index (χ1n) is 5.14. The van der Waals surface area contributed by atoms with E-state index in [4.69, 9.17) is 5.73 Å². The highest BCUT2D eigenvalue weighted by Crippen LogP contribution is 2.21. The molecule has 2 N–H and O–H groups in total. The lowest BCUT2D eigenvalue weighted by Crippen LogP contribution is -2.21. The molecule has 2 aromatic rings. The Morgan fingerprint density at radius 2 is 2.00 bits per heavy atom. The van der Waals surface area contributed by atoms with Gasteiger partial charge >= 0.3 is 0 Å². The molecule has 0 bridgehead atoms. The average molecular weight is 231 g/mol. The van der Waals surface area contributed by atoms with Crippen LogP contribution in [0, 0.1) is 0 Å². The van der Waals surface area contributed by atoms with Gasteiger partial charge < -0.3 is 5.73 Å². The third kappa shape index (κ3) is 2.21.